The largest absolute Gasteiger partial charge is 0.332 e. The molecule has 0 atom stereocenters. The molecule has 0 unspecified atom stereocenters. The summed E-state index contributed by atoms with van der Waals surface area (Å²) in [5, 5.41) is 8.01. The summed E-state index contributed by atoms with van der Waals surface area (Å²) in [4.78, 5) is 0. The van der Waals surface area contributed by atoms with Gasteiger partial charge in [-0.1, -0.05) is 55.2 Å². The van der Waals surface area contributed by atoms with Gasteiger partial charge in [-0.2, -0.15) is 0 Å². The fraction of sp³-hybridized carbons (Fsp3) is 0.235. The van der Waals surface area contributed by atoms with Crippen molar-refractivity contribution >= 4 is 51.9 Å². The Balaban J connectivity index is 2.19. The minimum absolute atomic E-state index is 0.407. The van der Waals surface area contributed by atoms with Crippen molar-refractivity contribution in [2.75, 3.05) is 10.6 Å². The van der Waals surface area contributed by atoms with Gasteiger partial charge in [0.15, 0.2) is 5.11 Å². The maximum Gasteiger partial charge on any atom is 0.175 e. The summed E-state index contributed by atoms with van der Waals surface area (Å²) < 4.78 is 0. The Morgan fingerprint density at radius 1 is 1.09 bits per heavy atom. The first-order chi connectivity index (χ1) is 10.4. The van der Waals surface area contributed by atoms with E-state index < -0.39 is 0 Å². The molecule has 22 heavy (non-hydrogen) atoms. The summed E-state index contributed by atoms with van der Waals surface area (Å²) in [7, 11) is 0. The molecule has 116 valence electrons. The number of halogens is 2. The maximum atomic E-state index is 6.16. The lowest BCUT2D eigenvalue weighted by atomic mass is 9.98. The molecule has 0 aliphatic heterocycles. The van der Waals surface area contributed by atoms with E-state index in [1.54, 1.807) is 18.2 Å². The Kier molecular flexibility index (Phi) is 5.68. The monoisotopic (exact) mass is 352 g/mol. The van der Waals surface area contributed by atoms with Crippen LogP contribution in [0.4, 0.5) is 11.4 Å². The van der Waals surface area contributed by atoms with E-state index in [-0.39, 0.29) is 0 Å². The van der Waals surface area contributed by atoms with Gasteiger partial charge in [-0.3, -0.25) is 0 Å². The zero-order valence-electron chi connectivity index (χ0n) is 12.7. The van der Waals surface area contributed by atoms with Crippen molar-refractivity contribution in [3.8, 4) is 0 Å². The van der Waals surface area contributed by atoms with Crippen molar-refractivity contribution in [1.82, 2.24) is 0 Å². The van der Waals surface area contributed by atoms with Gasteiger partial charge in [0.25, 0.3) is 0 Å². The number of thiocarbonyl (C=S) groups is 1. The van der Waals surface area contributed by atoms with Gasteiger partial charge >= 0.3 is 0 Å². The van der Waals surface area contributed by atoms with Crippen LogP contribution in [0.25, 0.3) is 0 Å². The minimum atomic E-state index is 0.407. The van der Waals surface area contributed by atoms with Gasteiger partial charge in [0.1, 0.15) is 0 Å². The second kappa shape index (κ2) is 7.32. The van der Waals surface area contributed by atoms with Crippen LogP contribution in [0.2, 0.25) is 10.0 Å². The lowest BCUT2D eigenvalue weighted by molar-refractivity contribution is 0.868. The van der Waals surface area contributed by atoms with Gasteiger partial charge in [0, 0.05) is 10.7 Å². The molecule has 0 spiro atoms. The topological polar surface area (TPSA) is 24.1 Å². The van der Waals surface area contributed by atoms with Crippen LogP contribution in [0.15, 0.2) is 36.4 Å². The molecule has 2 nitrogen and oxygen atoms in total. The quantitative estimate of drug-likeness (QED) is 0.639. The Hall–Kier alpha value is -1.29. The Labute approximate surface area is 146 Å². The van der Waals surface area contributed by atoms with Crippen LogP contribution in [0, 0.1) is 6.92 Å². The first kappa shape index (κ1) is 17.1. The smallest absolute Gasteiger partial charge is 0.175 e. The molecule has 2 rings (SSSR count). The van der Waals surface area contributed by atoms with Crippen LogP contribution in [0.1, 0.15) is 30.9 Å². The molecular formula is C17H18Cl2N2S. The number of benzene rings is 2. The lowest BCUT2D eigenvalue weighted by Crippen LogP contribution is -2.21. The molecular weight excluding hydrogens is 335 g/mol. The van der Waals surface area contributed by atoms with E-state index in [2.05, 4.69) is 49.6 Å². The van der Waals surface area contributed by atoms with Crippen molar-refractivity contribution in [1.29, 1.82) is 0 Å². The molecule has 0 aliphatic carbocycles. The minimum Gasteiger partial charge on any atom is -0.332 e. The predicted octanol–water partition coefficient (Wildman–Crippen LogP) is 6.23. The first-order valence-electron chi connectivity index (χ1n) is 7.01. The molecule has 0 saturated carbocycles. The SMILES string of the molecule is Cc1cccc(C(C)C)c1NC(=S)Nc1ccc(Cl)cc1Cl. The highest BCUT2D eigenvalue weighted by Gasteiger charge is 2.11. The van der Waals surface area contributed by atoms with Crippen LogP contribution in [-0.2, 0) is 0 Å². The van der Waals surface area contributed by atoms with Gasteiger partial charge in [0.2, 0.25) is 0 Å². The summed E-state index contributed by atoms with van der Waals surface area (Å²) in [5.74, 6) is 0.407. The fourth-order valence-electron chi connectivity index (χ4n) is 2.20. The summed E-state index contributed by atoms with van der Waals surface area (Å²) in [6.07, 6.45) is 0. The summed E-state index contributed by atoms with van der Waals surface area (Å²) in [6, 6.07) is 11.5. The lowest BCUT2D eigenvalue weighted by Gasteiger charge is -2.18. The maximum absolute atomic E-state index is 6.16. The van der Waals surface area contributed by atoms with Crippen LogP contribution < -0.4 is 10.6 Å². The average molecular weight is 353 g/mol. The molecule has 0 aromatic heterocycles. The third-order valence-electron chi connectivity index (χ3n) is 3.34. The van der Waals surface area contributed by atoms with Crippen LogP contribution in [-0.4, -0.2) is 5.11 Å². The van der Waals surface area contributed by atoms with E-state index in [0.717, 1.165) is 16.9 Å². The number of aryl methyl sites for hydroxylation is 1. The van der Waals surface area contributed by atoms with Crippen LogP contribution in [0.3, 0.4) is 0 Å². The van der Waals surface area contributed by atoms with Gasteiger partial charge in [-0.05, 0) is 54.4 Å². The molecule has 2 N–H and O–H groups in total. The van der Waals surface area contributed by atoms with Crippen LogP contribution in [0.5, 0.6) is 0 Å². The molecule has 0 radical (unpaired) electrons. The number of anilines is 2. The molecule has 2 aromatic rings. The third kappa shape index (κ3) is 4.13. The van der Waals surface area contributed by atoms with E-state index >= 15 is 0 Å². The standard InChI is InChI=1S/C17H18Cl2N2S/c1-10(2)13-6-4-5-11(3)16(13)21-17(22)20-15-8-7-12(18)9-14(15)19/h4-10H,1-3H3,(H2,20,21,22). The second-order valence-corrected chi connectivity index (χ2v) is 6.65. The molecule has 5 heteroatoms. The van der Waals surface area contributed by atoms with Crippen molar-refractivity contribution in [3.05, 3.63) is 57.6 Å². The van der Waals surface area contributed by atoms with Crippen molar-refractivity contribution in [3.63, 3.8) is 0 Å². The molecule has 0 heterocycles. The van der Waals surface area contributed by atoms with Gasteiger partial charge in [-0.25, -0.2) is 0 Å². The zero-order chi connectivity index (χ0) is 16.3. The van der Waals surface area contributed by atoms with Gasteiger partial charge in [-0.15, -0.1) is 0 Å². The van der Waals surface area contributed by atoms with Crippen molar-refractivity contribution < 1.29 is 0 Å². The molecule has 2 aromatic carbocycles. The highest BCUT2D eigenvalue weighted by molar-refractivity contribution is 7.80. The fourth-order valence-corrected chi connectivity index (χ4v) is 2.87. The van der Waals surface area contributed by atoms with E-state index in [9.17, 15) is 0 Å². The normalized spacial score (nSPS) is 10.6. The second-order valence-electron chi connectivity index (χ2n) is 5.40. The van der Waals surface area contributed by atoms with Crippen molar-refractivity contribution in [2.45, 2.75) is 26.7 Å². The number of nitrogens with one attached hydrogen (secondary N) is 2. The highest BCUT2D eigenvalue weighted by Crippen LogP contribution is 2.29. The van der Waals surface area contributed by atoms with Gasteiger partial charge < -0.3 is 10.6 Å². The van der Waals surface area contributed by atoms with E-state index in [0.29, 0.717) is 21.1 Å². The average Bonchev–Trinajstić information content (AvgIpc) is 2.44. The summed E-state index contributed by atoms with van der Waals surface area (Å²) in [5.41, 5.74) is 4.15. The summed E-state index contributed by atoms with van der Waals surface area (Å²) in [6.45, 7) is 6.38. The van der Waals surface area contributed by atoms with Crippen LogP contribution >= 0.6 is 35.4 Å². The van der Waals surface area contributed by atoms with E-state index in [1.165, 1.54) is 5.56 Å². The third-order valence-corrected chi connectivity index (χ3v) is 4.10. The molecule has 0 aliphatic rings. The number of para-hydroxylation sites is 1. The predicted molar refractivity (Wildman–Crippen MR) is 102 cm³/mol. The number of hydrogen-bond acceptors (Lipinski definition) is 1. The van der Waals surface area contributed by atoms with E-state index in [1.807, 2.05) is 0 Å². The van der Waals surface area contributed by atoms with E-state index in [4.69, 9.17) is 35.4 Å². The zero-order valence-corrected chi connectivity index (χ0v) is 15.0. The first-order valence-corrected chi connectivity index (χ1v) is 8.17. The Morgan fingerprint density at radius 3 is 2.45 bits per heavy atom. The molecule has 0 fully saturated rings. The molecule has 0 amide bonds. The molecule has 0 bridgehead atoms. The number of hydrogen-bond donors (Lipinski definition) is 2. The molecule has 0 saturated heterocycles. The number of rotatable bonds is 3. The Morgan fingerprint density at radius 2 is 1.82 bits per heavy atom. The highest BCUT2D eigenvalue weighted by atomic mass is 35.5. The van der Waals surface area contributed by atoms with Crippen molar-refractivity contribution in [2.24, 2.45) is 0 Å². The summed E-state index contributed by atoms with van der Waals surface area (Å²) >= 11 is 17.5. The Bertz CT molecular complexity index is 699. The van der Waals surface area contributed by atoms with Gasteiger partial charge in [0.05, 0.1) is 10.7 Å².